The van der Waals surface area contributed by atoms with E-state index >= 15 is 0 Å². The molecule has 6 heteroatoms. The molecule has 0 unspecified atom stereocenters. The molecule has 5 nitrogen and oxygen atoms in total. The molecular weight excluding hydrogens is 350 g/mol. The Kier molecular flexibility index (Phi) is 4.42. The van der Waals surface area contributed by atoms with Crippen molar-refractivity contribution in [3.63, 3.8) is 0 Å². The molecule has 1 heterocycles. The van der Waals surface area contributed by atoms with Gasteiger partial charge in [0.2, 0.25) is 5.76 Å². The van der Waals surface area contributed by atoms with E-state index in [2.05, 4.69) is 27.8 Å². The zero-order valence-corrected chi connectivity index (χ0v) is 14.1. The first-order valence-corrected chi connectivity index (χ1v) is 7.38. The number of furan rings is 1. The lowest BCUT2D eigenvalue weighted by atomic mass is 10.2. The van der Waals surface area contributed by atoms with Crippen LogP contribution in [0.5, 0.6) is 0 Å². The summed E-state index contributed by atoms with van der Waals surface area (Å²) in [5, 5.41) is 3.36. The third-order valence-corrected chi connectivity index (χ3v) is 2.98. The number of amides is 1. The van der Waals surface area contributed by atoms with Crippen LogP contribution in [-0.4, -0.2) is 17.5 Å². The molecule has 0 radical (unpaired) electrons. The molecule has 2 aromatic rings. The van der Waals surface area contributed by atoms with Crippen molar-refractivity contribution < 1.29 is 18.7 Å². The van der Waals surface area contributed by atoms with Crippen molar-refractivity contribution in [3.8, 4) is 0 Å². The summed E-state index contributed by atoms with van der Waals surface area (Å²) >= 11 is 3.01. The first-order chi connectivity index (χ1) is 10.2. The SMILES string of the molecule is C=C(Br)C(=O)Nc1ccc2oc(C(=O)OC(C)(C)C)cc2c1. The second-order valence-electron chi connectivity index (χ2n) is 5.72. The molecule has 22 heavy (non-hydrogen) atoms. The second-order valence-corrected chi connectivity index (χ2v) is 6.68. The summed E-state index contributed by atoms with van der Waals surface area (Å²) in [6, 6.07) is 6.65. The van der Waals surface area contributed by atoms with E-state index in [0.29, 0.717) is 16.7 Å². The van der Waals surface area contributed by atoms with Crippen molar-refractivity contribution in [1.29, 1.82) is 0 Å². The van der Waals surface area contributed by atoms with Crippen molar-refractivity contribution in [1.82, 2.24) is 0 Å². The maximum Gasteiger partial charge on any atom is 0.374 e. The maximum atomic E-state index is 12.0. The zero-order valence-electron chi connectivity index (χ0n) is 12.5. The fourth-order valence-corrected chi connectivity index (χ4v) is 1.85. The van der Waals surface area contributed by atoms with Crippen LogP contribution in [0.4, 0.5) is 5.69 Å². The molecule has 1 amide bonds. The van der Waals surface area contributed by atoms with Gasteiger partial charge < -0.3 is 14.5 Å². The van der Waals surface area contributed by atoms with Crippen molar-refractivity contribution in [2.45, 2.75) is 26.4 Å². The minimum Gasteiger partial charge on any atom is -0.454 e. The Morgan fingerprint density at radius 2 is 1.95 bits per heavy atom. The van der Waals surface area contributed by atoms with Gasteiger partial charge in [0.1, 0.15) is 11.2 Å². The van der Waals surface area contributed by atoms with Crippen LogP contribution in [0, 0.1) is 0 Å². The fraction of sp³-hybridized carbons (Fsp3) is 0.250. The van der Waals surface area contributed by atoms with Gasteiger partial charge in [0.15, 0.2) is 0 Å². The number of hydrogen-bond donors (Lipinski definition) is 1. The molecule has 0 saturated heterocycles. The minimum absolute atomic E-state index is 0.123. The molecule has 0 spiro atoms. The average molecular weight is 366 g/mol. The highest BCUT2D eigenvalue weighted by Gasteiger charge is 2.21. The quantitative estimate of drug-likeness (QED) is 0.652. The largest absolute Gasteiger partial charge is 0.454 e. The predicted octanol–water partition coefficient (Wildman–Crippen LogP) is 4.24. The van der Waals surface area contributed by atoms with Gasteiger partial charge in [0, 0.05) is 11.1 Å². The van der Waals surface area contributed by atoms with Crippen molar-refractivity contribution >= 4 is 44.5 Å². The van der Waals surface area contributed by atoms with Gasteiger partial charge >= 0.3 is 5.97 Å². The highest BCUT2D eigenvalue weighted by atomic mass is 79.9. The lowest BCUT2D eigenvalue weighted by molar-refractivity contribution is -0.112. The number of fused-ring (bicyclic) bond motifs is 1. The molecule has 2 rings (SSSR count). The average Bonchev–Trinajstić information content (AvgIpc) is 2.79. The smallest absolute Gasteiger partial charge is 0.374 e. The van der Waals surface area contributed by atoms with E-state index in [1.807, 2.05) is 0 Å². The fourth-order valence-electron chi connectivity index (χ4n) is 1.75. The van der Waals surface area contributed by atoms with Crippen molar-refractivity contribution in [2.24, 2.45) is 0 Å². The molecular formula is C16H16BrNO4. The van der Waals surface area contributed by atoms with Crippen molar-refractivity contribution in [2.75, 3.05) is 5.32 Å². The van der Waals surface area contributed by atoms with Crippen LogP contribution in [0.3, 0.4) is 0 Å². The Balaban J connectivity index is 2.26. The van der Waals surface area contributed by atoms with E-state index < -0.39 is 11.6 Å². The number of ether oxygens (including phenoxy) is 1. The number of esters is 1. The van der Waals surface area contributed by atoms with Crippen LogP contribution in [0.25, 0.3) is 11.0 Å². The third-order valence-electron chi connectivity index (χ3n) is 2.62. The third kappa shape index (κ3) is 3.98. The topological polar surface area (TPSA) is 68.5 Å². The van der Waals surface area contributed by atoms with Gasteiger partial charge in [-0.3, -0.25) is 4.79 Å². The Morgan fingerprint density at radius 3 is 2.55 bits per heavy atom. The van der Waals surface area contributed by atoms with Crippen molar-refractivity contribution in [3.05, 3.63) is 41.1 Å². The van der Waals surface area contributed by atoms with Crippen LogP contribution in [-0.2, 0) is 9.53 Å². The lowest BCUT2D eigenvalue weighted by Crippen LogP contribution is -2.23. The summed E-state index contributed by atoms with van der Waals surface area (Å²) in [5.74, 6) is -0.739. The molecule has 0 saturated carbocycles. The molecule has 0 aliphatic heterocycles. The number of anilines is 1. The number of benzene rings is 1. The molecule has 0 aliphatic carbocycles. The molecule has 1 aromatic heterocycles. The maximum absolute atomic E-state index is 12.0. The summed E-state index contributed by atoms with van der Waals surface area (Å²) in [6.07, 6.45) is 0. The molecule has 1 N–H and O–H groups in total. The summed E-state index contributed by atoms with van der Waals surface area (Å²) in [7, 11) is 0. The number of halogens is 1. The predicted molar refractivity (Wildman–Crippen MR) is 88.1 cm³/mol. The number of nitrogens with one attached hydrogen (secondary N) is 1. The van der Waals surface area contributed by atoms with Gasteiger partial charge in [-0.15, -0.1) is 0 Å². The molecule has 0 atom stereocenters. The normalized spacial score (nSPS) is 11.3. The van der Waals surface area contributed by atoms with Gasteiger partial charge in [-0.2, -0.15) is 0 Å². The molecule has 0 bridgehead atoms. The van der Waals surface area contributed by atoms with E-state index in [4.69, 9.17) is 9.15 Å². The van der Waals surface area contributed by atoms with Crippen LogP contribution in [0.15, 0.2) is 39.7 Å². The molecule has 0 fully saturated rings. The Bertz CT molecular complexity index is 755. The minimum atomic E-state index is -0.592. The second kappa shape index (κ2) is 5.96. The summed E-state index contributed by atoms with van der Waals surface area (Å²) in [5.41, 5.74) is 0.525. The Morgan fingerprint density at radius 1 is 1.27 bits per heavy atom. The standard InChI is InChI=1S/C16H16BrNO4/c1-9(17)14(19)18-11-5-6-12-10(7-11)8-13(21-12)15(20)22-16(2,3)4/h5-8H,1H2,2-4H3,(H,18,19). The highest BCUT2D eigenvalue weighted by molar-refractivity contribution is 9.12. The van der Waals surface area contributed by atoms with Crippen LogP contribution in [0.1, 0.15) is 31.3 Å². The number of rotatable bonds is 3. The summed E-state index contributed by atoms with van der Waals surface area (Å²) in [4.78, 5) is 23.5. The Labute approximate surface area is 136 Å². The number of carbonyl (C=O) groups excluding carboxylic acids is 2. The van der Waals surface area contributed by atoms with E-state index in [1.54, 1.807) is 45.0 Å². The zero-order chi connectivity index (χ0) is 16.5. The van der Waals surface area contributed by atoms with Crippen LogP contribution < -0.4 is 5.32 Å². The van der Waals surface area contributed by atoms with E-state index in [1.165, 1.54) is 0 Å². The Hall–Kier alpha value is -2.08. The van der Waals surface area contributed by atoms with Gasteiger partial charge in [-0.1, -0.05) is 6.58 Å². The monoisotopic (exact) mass is 365 g/mol. The van der Waals surface area contributed by atoms with Gasteiger partial charge in [0.25, 0.3) is 5.91 Å². The highest BCUT2D eigenvalue weighted by Crippen LogP contribution is 2.25. The molecule has 1 aromatic carbocycles. The van der Waals surface area contributed by atoms with Gasteiger partial charge in [-0.05, 0) is 61.0 Å². The lowest BCUT2D eigenvalue weighted by Gasteiger charge is -2.18. The van der Waals surface area contributed by atoms with Gasteiger partial charge in [-0.25, -0.2) is 4.79 Å². The summed E-state index contributed by atoms with van der Waals surface area (Å²) in [6.45, 7) is 8.86. The molecule has 0 aliphatic rings. The molecule has 116 valence electrons. The summed E-state index contributed by atoms with van der Waals surface area (Å²) < 4.78 is 11.0. The number of hydrogen-bond acceptors (Lipinski definition) is 4. The van der Waals surface area contributed by atoms with E-state index in [-0.39, 0.29) is 16.1 Å². The first kappa shape index (κ1) is 16.3. The first-order valence-electron chi connectivity index (χ1n) is 6.58. The van der Waals surface area contributed by atoms with E-state index in [0.717, 1.165) is 0 Å². The number of carbonyl (C=O) groups is 2. The van der Waals surface area contributed by atoms with Crippen LogP contribution >= 0.6 is 15.9 Å². The van der Waals surface area contributed by atoms with E-state index in [9.17, 15) is 9.59 Å². The van der Waals surface area contributed by atoms with Gasteiger partial charge in [0.05, 0.1) is 4.48 Å². The van der Waals surface area contributed by atoms with Crippen LogP contribution in [0.2, 0.25) is 0 Å².